The largest absolute Gasteiger partial charge is 0.392 e. The first-order chi connectivity index (χ1) is 19.1. The number of nitrogens with one attached hydrogen (secondary N) is 2. The summed E-state index contributed by atoms with van der Waals surface area (Å²) in [5.41, 5.74) is 6.62. The summed E-state index contributed by atoms with van der Waals surface area (Å²) >= 11 is 0. The van der Waals surface area contributed by atoms with Crippen LogP contribution in [0.5, 0.6) is 0 Å². The minimum Gasteiger partial charge on any atom is -0.380 e. The van der Waals surface area contributed by atoms with E-state index >= 15 is 0 Å². The number of alkyl halides is 4. The van der Waals surface area contributed by atoms with Gasteiger partial charge in [0.25, 0.3) is 0 Å². The lowest BCUT2D eigenvalue weighted by atomic mass is 9.64. The zero-order chi connectivity index (χ0) is 28.2. The van der Waals surface area contributed by atoms with Crippen molar-refractivity contribution < 1.29 is 27.1 Å². The van der Waals surface area contributed by atoms with E-state index in [4.69, 9.17) is 4.74 Å². The second-order valence-corrected chi connectivity index (χ2v) is 13.9. The van der Waals surface area contributed by atoms with Crippen LogP contribution >= 0.6 is 0 Å². The zero-order valence-corrected chi connectivity index (χ0v) is 24.0. The maximum absolute atomic E-state index is 14.5. The number of amides is 1. The summed E-state index contributed by atoms with van der Waals surface area (Å²) in [6.45, 7) is 5.61. The molecule has 2 N–H and O–H groups in total. The van der Waals surface area contributed by atoms with Gasteiger partial charge in [0.1, 0.15) is 6.17 Å². The molecule has 0 aromatic rings. The number of ether oxygens (including phenoxy) is 1. The highest BCUT2D eigenvalue weighted by Gasteiger charge is 2.59. The number of rotatable bonds is 6. The highest BCUT2D eigenvalue weighted by Crippen LogP contribution is 2.53. The van der Waals surface area contributed by atoms with Gasteiger partial charge in [-0.15, -0.1) is 0 Å². The number of likely N-dealkylation sites (tertiary alicyclic amines) is 2. The first kappa shape index (κ1) is 29.1. The van der Waals surface area contributed by atoms with Crippen LogP contribution in [0.1, 0.15) is 64.7 Å². The maximum Gasteiger partial charge on any atom is 0.392 e. The molecule has 2 saturated carbocycles. The molecule has 40 heavy (non-hydrogen) atoms. The summed E-state index contributed by atoms with van der Waals surface area (Å²) < 4.78 is 62.9. The van der Waals surface area contributed by atoms with Gasteiger partial charge < -0.3 is 14.5 Å². The van der Waals surface area contributed by atoms with E-state index in [1.54, 1.807) is 0 Å². The Morgan fingerprint density at radius 1 is 1.10 bits per heavy atom. The van der Waals surface area contributed by atoms with Crippen molar-refractivity contribution in [2.75, 3.05) is 46.6 Å². The van der Waals surface area contributed by atoms with Gasteiger partial charge in [-0.25, -0.2) is 15.2 Å². The number of hydrazine groups is 1. The van der Waals surface area contributed by atoms with Gasteiger partial charge in [0.05, 0.1) is 32.0 Å². The Labute approximate surface area is 235 Å². The molecule has 1 amide bonds. The second-order valence-electron chi connectivity index (χ2n) is 13.9. The molecule has 4 heterocycles. The summed E-state index contributed by atoms with van der Waals surface area (Å²) in [6.07, 6.45) is 1.33. The molecule has 0 spiro atoms. The van der Waals surface area contributed by atoms with Gasteiger partial charge in [-0.3, -0.25) is 9.69 Å². The molecule has 4 saturated heterocycles. The lowest BCUT2D eigenvalue weighted by Gasteiger charge is -2.52. The van der Waals surface area contributed by atoms with Gasteiger partial charge >= 0.3 is 6.18 Å². The number of hydrogen-bond acceptors (Lipinski definition) is 6. The van der Waals surface area contributed by atoms with Crippen LogP contribution in [0, 0.1) is 35.0 Å². The molecular formula is C29H47F4N5O2. The van der Waals surface area contributed by atoms with Crippen LogP contribution in [0.15, 0.2) is 0 Å². The Hall–Kier alpha value is -1.01. The van der Waals surface area contributed by atoms with Crippen molar-refractivity contribution in [3.8, 4) is 0 Å². The number of carbonyl (C=O) groups excluding carboxylic acids is 1. The minimum atomic E-state index is -4.32. The van der Waals surface area contributed by atoms with Gasteiger partial charge in [0.15, 0.2) is 0 Å². The average molecular weight is 574 g/mol. The summed E-state index contributed by atoms with van der Waals surface area (Å²) in [4.78, 5) is 20.2. The van der Waals surface area contributed by atoms with E-state index in [0.717, 1.165) is 38.8 Å². The maximum atomic E-state index is 14.5. The molecule has 0 bridgehead atoms. The minimum absolute atomic E-state index is 0.00931. The molecule has 6 rings (SSSR count). The van der Waals surface area contributed by atoms with Crippen molar-refractivity contribution in [1.29, 1.82) is 0 Å². The Morgan fingerprint density at radius 3 is 2.48 bits per heavy atom. The van der Waals surface area contributed by atoms with E-state index < -0.39 is 30.1 Å². The fourth-order valence-electron chi connectivity index (χ4n) is 9.11. The number of hydrogen-bond donors (Lipinski definition) is 2. The standard InChI is InChI=1S/C29H47F4N5O2/c1-18(37-8-6-21(30)7-9-37)19-10-23-24(25(11-19)29(31,32)33)14-38(27(23)39)22-5-3-4-20(12-22)28(15-40-16-28)13-26-35-34-17-36(26)2/h18-26,34-35H,3-17H2,1-2H3/t18-,19?,20?,22?,23?,24?,25?,26?/m0/s1. The van der Waals surface area contributed by atoms with Crippen molar-refractivity contribution in [1.82, 2.24) is 25.6 Å². The predicted molar refractivity (Wildman–Crippen MR) is 142 cm³/mol. The molecule has 2 aliphatic carbocycles. The molecule has 8 atom stereocenters. The topological polar surface area (TPSA) is 60.1 Å². The number of nitrogens with zero attached hydrogens (tertiary/aromatic N) is 3. The highest BCUT2D eigenvalue weighted by molar-refractivity contribution is 5.82. The summed E-state index contributed by atoms with van der Waals surface area (Å²) in [6, 6.07) is -0.0652. The van der Waals surface area contributed by atoms with Gasteiger partial charge in [0.2, 0.25) is 5.91 Å². The normalized spacial score (nSPS) is 40.7. The summed E-state index contributed by atoms with van der Waals surface area (Å²) in [7, 11) is 2.09. The van der Waals surface area contributed by atoms with E-state index in [-0.39, 0.29) is 48.5 Å². The quantitative estimate of drug-likeness (QED) is 0.472. The van der Waals surface area contributed by atoms with E-state index in [2.05, 4.69) is 27.7 Å². The first-order valence-electron chi connectivity index (χ1n) is 15.6. The Morgan fingerprint density at radius 2 is 1.85 bits per heavy atom. The molecule has 11 heteroatoms. The van der Waals surface area contributed by atoms with Crippen LogP contribution in [0.3, 0.4) is 0 Å². The zero-order valence-electron chi connectivity index (χ0n) is 24.0. The van der Waals surface area contributed by atoms with Crippen molar-refractivity contribution >= 4 is 5.91 Å². The van der Waals surface area contributed by atoms with Crippen molar-refractivity contribution in [2.24, 2.45) is 35.0 Å². The number of halogens is 4. The van der Waals surface area contributed by atoms with Gasteiger partial charge in [-0.1, -0.05) is 6.42 Å². The van der Waals surface area contributed by atoms with Gasteiger partial charge in [0, 0.05) is 43.1 Å². The van der Waals surface area contributed by atoms with Crippen molar-refractivity contribution in [2.45, 2.75) is 95.3 Å². The van der Waals surface area contributed by atoms with Crippen LogP contribution in [0.2, 0.25) is 0 Å². The molecule has 0 aromatic heterocycles. The van der Waals surface area contributed by atoms with Gasteiger partial charge in [-0.05, 0) is 83.1 Å². The van der Waals surface area contributed by atoms with E-state index in [0.29, 0.717) is 51.5 Å². The van der Waals surface area contributed by atoms with E-state index in [1.807, 2.05) is 11.8 Å². The Kier molecular flexibility index (Phi) is 8.17. The molecule has 6 aliphatic rings. The lowest BCUT2D eigenvalue weighted by Crippen LogP contribution is -2.56. The van der Waals surface area contributed by atoms with Gasteiger partial charge in [-0.2, -0.15) is 13.2 Å². The van der Waals surface area contributed by atoms with Crippen LogP contribution in [0.25, 0.3) is 0 Å². The highest BCUT2D eigenvalue weighted by atomic mass is 19.4. The molecular weight excluding hydrogens is 526 g/mol. The summed E-state index contributed by atoms with van der Waals surface area (Å²) in [5, 5.41) is 0. The number of carbonyl (C=O) groups is 1. The smallest absolute Gasteiger partial charge is 0.380 e. The predicted octanol–water partition coefficient (Wildman–Crippen LogP) is 3.76. The van der Waals surface area contributed by atoms with Crippen LogP contribution < -0.4 is 10.9 Å². The Bertz CT molecular complexity index is 911. The fourth-order valence-corrected chi connectivity index (χ4v) is 9.11. The SMILES string of the molecule is C[C@@H](C1CC2C(=O)N(C3CCCC(C4(CC5NNCN5C)COC4)C3)CC2C(C(F)(F)F)C1)N1CCC(F)CC1. The monoisotopic (exact) mass is 573 g/mol. The fraction of sp³-hybridized carbons (Fsp3) is 0.966. The molecule has 228 valence electrons. The molecule has 7 nitrogen and oxygen atoms in total. The average Bonchev–Trinajstić information content (AvgIpc) is 3.47. The molecule has 6 fully saturated rings. The second kappa shape index (κ2) is 11.2. The van der Waals surface area contributed by atoms with Crippen LogP contribution in [-0.2, 0) is 9.53 Å². The third-order valence-corrected chi connectivity index (χ3v) is 11.8. The van der Waals surface area contributed by atoms with Crippen LogP contribution in [0.4, 0.5) is 17.6 Å². The summed E-state index contributed by atoms with van der Waals surface area (Å²) in [5.74, 6) is -2.52. The van der Waals surface area contributed by atoms with Crippen molar-refractivity contribution in [3.05, 3.63) is 0 Å². The number of piperidine rings is 1. The van der Waals surface area contributed by atoms with E-state index in [9.17, 15) is 22.4 Å². The molecule has 7 unspecified atom stereocenters. The molecule has 0 aromatic carbocycles. The van der Waals surface area contributed by atoms with Crippen LogP contribution in [-0.4, -0.2) is 97.8 Å². The van der Waals surface area contributed by atoms with Crippen molar-refractivity contribution in [3.63, 3.8) is 0 Å². The first-order valence-corrected chi connectivity index (χ1v) is 15.6. The third-order valence-electron chi connectivity index (χ3n) is 11.8. The van der Waals surface area contributed by atoms with E-state index in [1.165, 1.54) is 0 Å². The third kappa shape index (κ3) is 5.42. The molecule has 0 radical (unpaired) electrons. The Balaban J connectivity index is 1.16. The number of fused-ring (bicyclic) bond motifs is 1. The molecule has 4 aliphatic heterocycles. The lowest BCUT2D eigenvalue weighted by molar-refractivity contribution is -0.206.